The average molecular weight is 247 g/mol. The molecule has 0 heterocycles. The average Bonchev–Trinajstić information content (AvgIpc) is 2.31. The zero-order chi connectivity index (χ0) is 13.2. The Bertz CT molecular complexity index is 415. The molecule has 1 amide bonds. The SMILES string of the molecule is Cc1ccc(CN(C)C(=O)C2(CO)CCC2)cc1. The lowest BCUT2D eigenvalue weighted by Gasteiger charge is -2.41. The minimum Gasteiger partial charge on any atom is -0.395 e. The van der Waals surface area contributed by atoms with Crippen LogP contribution < -0.4 is 0 Å². The standard InChI is InChI=1S/C15H21NO2/c1-12-4-6-13(7-5-12)10-16(2)14(18)15(11-17)8-3-9-15/h4-7,17H,3,8-11H2,1-2H3. The summed E-state index contributed by atoms with van der Waals surface area (Å²) in [6, 6.07) is 8.20. The zero-order valence-electron chi connectivity index (χ0n) is 11.1. The summed E-state index contributed by atoms with van der Waals surface area (Å²) in [6.45, 7) is 2.64. The molecule has 1 aliphatic rings. The van der Waals surface area contributed by atoms with Crippen LogP contribution >= 0.6 is 0 Å². The summed E-state index contributed by atoms with van der Waals surface area (Å²) in [7, 11) is 1.82. The Kier molecular flexibility index (Phi) is 3.71. The van der Waals surface area contributed by atoms with E-state index in [4.69, 9.17) is 0 Å². The Hall–Kier alpha value is -1.35. The first-order valence-electron chi connectivity index (χ1n) is 6.49. The molecule has 1 N–H and O–H groups in total. The van der Waals surface area contributed by atoms with Crippen LogP contribution in [0.4, 0.5) is 0 Å². The molecule has 1 saturated carbocycles. The molecule has 2 rings (SSSR count). The second kappa shape index (κ2) is 5.11. The van der Waals surface area contributed by atoms with Crippen LogP contribution in [-0.2, 0) is 11.3 Å². The van der Waals surface area contributed by atoms with Gasteiger partial charge in [-0.05, 0) is 25.3 Å². The molecule has 0 radical (unpaired) electrons. The minimum absolute atomic E-state index is 0.0237. The minimum atomic E-state index is -0.487. The number of hydrogen-bond donors (Lipinski definition) is 1. The molecule has 3 heteroatoms. The van der Waals surface area contributed by atoms with Gasteiger partial charge < -0.3 is 10.0 Å². The molecule has 0 spiro atoms. The predicted molar refractivity (Wildman–Crippen MR) is 71.0 cm³/mol. The first-order chi connectivity index (χ1) is 8.57. The molecular formula is C15H21NO2. The molecule has 0 aromatic heterocycles. The summed E-state index contributed by atoms with van der Waals surface area (Å²) in [5.41, 5.74) is 1.86. The lowest BCUT2D eigenvalue weighted by atomic mass is 9.68. The smallest absolute Gasteiger partial charge is 0.231 e. The number of carbonyl (C=O) groups excluding carboxylic acids is 1. The topological polar surface area (TPSA) is 40.5 Å². The van der Waals surface area contributed by atoms with E-state index in [2.05, 4.69) is 12.1 Å². The number of aliphatic hydroxyl groups excluding tert-OH is 1. The number of carbonyl (C=O) groups is 1. The number of nitrogens with zero attached hydrogens (tertiary/aromatic N) is 1. The molecule has 1 aliphatic carbocycles. The quantitative estimate of drug-likeness (QED) is 0.885. The summed E-state index contributed by atoms with van der Waals surface area (Å²) >= 11 is 0. The summed E-state index contributed by atoms with van der Waals surface area (Å²) in [4.78, 5) is 14.1. The van der Waals surface area contributed by atoms with Gasteiger partial charge in [0.05, 0.1) is 12.0 Å². The van der Waals surface area contributed by atoms with Crippen LogP contribution in [0.1, 0.15) is 30.4 Å². The van der Waals surface area contributed by atoms with Crippen molar-refractivity contribution in [2.45, 2.75) is 32.7 Å². The largest absolute Gasteiger partial charge is 0.395 e. The van der Waals surface area contributed by atoms with Crippen molar-refractivity contribution in [3.63, 3.8) is 0 Å². The third-order valence-electron chi connectivity index (χ3n) is 3.95. The van der Waals surface area contributed by atoms with Gasteiger partial charge in [-0.2, -0.15) is 0 Å². The van der Waals surface area contributed by atoms with Crippen LogP contribution in [0.15, 0.2) is 24.3 Å². The van der Waals surface area contributed by atoms with Crippen LogP contribution in [0.3, 0.4) is 0 Å². The van der Waals surface area contributed by atoms with Crippen LogP contribution in [0, 0.1) is 12.3 Å². The van der Waals surface area contributed by atoms with Crippen molar-refractivity contribution in [1.82, 2.24) is 4.90 Å². The molecule has 1 fully saturated rings. The van der Waals surface area contributed by atoms with Crippen molar-refractivity contribution in [2.24, 2.45) is 5.41 Å². The van der Waals surface area contributed by atoms with E-state index >= 15 is 0 Å². The highest BCUT2D eigenvalue weighted by Crippen LogP contribution is 2.41. The second-order valence-corrected chi connectivity index (χ2v) is 5.44. The number of rotatable bonds is 4. The predicted octanol–water partition coefficient (Wildman–Crippen LogP) is 2.12. The summed E-state index contributed by atoms with van der Waals surface area (Å²) in [6.07, 6.45) is 2.69. The lowest BCUT2D eigenvalue weighted by Crippen LogP contribution is -2.48. The zero-order valence-corrected chi connectivity index (χ0v) is 11.1. The Labute approximate surface area is 108 Å². The van der Waals surface area contributed by atoms with Gasteiger partial charge in [0.15, 0.2) is 0 Å². The van der Waals surface area contributed by atoms with Crippen molar-refractivity contribution in [3.05, 3.63) is 35.4 Å². The first-order valence-corrected chi connectivity index (χ1v) is 6.49. The Morgan fingerprint density at radius 3 is 2.39 bits per heavy atom. The molecular weight excluding hydrogens is 226 g/mol. The van der Waals surface area contributed by atoms with Gasteiger partial charge in [-0.3, -0.25) is 4.79 Å². The van der Waals surface area contributed by atoms with Gasteiger partial charge in [0.2, 0.25) is 5.91 Å². The van der Waals surface area contributed by atoms with Crippen LogP contribution in [0.5, 0.6) is 0 Å². The van der Waals surface area contributed by atoms with Crippen molar-refractivity contribution < 1.29 is 9.90 Å². The molecule has 1 aromatic carbocycles. The van der Waals surface area contributed by atoms with Crippen LogP contribution in [0.25, 0.3) is 0 Å². The Balaban J connectivity index is 2.01. The molecule has 1 aromatic rings. The van der Waals surface area contributed by atoms with E-state index in [9.17, 15) is 9.90 Å². The van der Waals surface area contributed by atoms with E-state index in [1.54, 1.807) is 4.90 Å². The number of amides is 1. The summed E-state index contributed by atoms with van der Waals surface area (Å²) in [5.74, 6) is 0.0804. The molecule has 0 saturated heterocycles. The molecule has 98 valence electrons. The summed E-state index contributed by atoms with van der Waals surface area (Å²) < 4.78 is 0. The molecule has 0 aliphatic heterocycles. The van der Waals surface area contributed by atoms with E-state index in [0.717, 1.165) is 24.8 Å². The van der Waals surface area contributed by atoms with E-state index in [0.29, 0.717) is 6.54 Å². The number of benzene rings is 1. The number of aryl methyl sites for hydroxylation is 1. The van der Waals surface area contributed by atoms with Gasteiger partial charge in [-0.1, -0.05) is 36.2 Å². The number of aliphatic hydroxyl groups is 1. The Morgan fingerprint density at radius 2 is 1.94 bits per heavy atom. The van der Waals surface area contributed by atoms with Crippen LogP contribution in [-0.4, -0.2) is 29.6 Å². The number of hydrogen-bond acceptors (Lipinski definition) is 2. The van der Waals surface area contributed by atoms with Gasteiger partial charge >= 0.3 is 0 Å². The summed E-state index contributed by atoms with van der Waals surface area (Å²) in [5, 5.41) is 9.41. The van der Waals surface area contributed by atoms with Gasteiger partial charge in [-0.15, -0.1) is 0 Å². The van der Waals surface area contributed by atoms with E-state index in [1.807, 2.05) is 26.1 Å². The van der Waals surface area contributed by atoms with E-state index in [-0.39, 0.29) is 12.5 Å². The molecule has 18 heavy (non-hydrogen) atoms. The highest BCUT2D eigenvalue weighted by molar-refractivity contribution is 5.83. The van der Waals surface area contributed by atoms with Gasteiger partial charge in [0, 0.05) is 13.6 Å². The maximum atomic E-state index is 12.3. The van der Waals surface area contributed by atoms with Crippen molar-refractivity contribution in [3.8, 4) is 0 Å². The van der Waals surface area contributed by atoms with Gasteiger partial charge in [-0.25, -0.2) is 0 Å². The van der Waals surface area contributed by atoms with Crippen LogP contribution in [0.2, 0.25) is 0 Å². The van der Waals surface area contributed by atoms with Crippen molar-refractivity contribution >= 4 is 5.91 Å². The fourth-order valence-electron chi connectivity index (χ4n) is 2.49. The molecule has 3 nitrogen and oxygen atoms in total. The molecule has 0 unspecified atom stereocenters. The highest BCUT2D eigenvalue weighted by atomic mass is 16.3. The maximum absolute atomic E-state index is 12.3. The normalized spacial score (nSPS) is 17.1. The van der Waals surface area contributed by atoms with Crippen molar-refractivity contribution in [1.29, 1.82) is 0 Å². The Morgan fingerprint density at radius 1 is 1.33 bits per heavy atom. The lowest BCUT2D eigenvalue weighted by molar-refractivity contribution is -0.150. The van der Waals surface area contributed by atoms with Gasteiger partial charge in [0.1, 0.15) is 0 Å². The third-order valence-corrected chi connectivity index (χ3v) is 3.95. The molecule has 0 bridgehead atoms. The third kappa shape index (κ3) is 2.41. The fourth-order valence-corrected chi connectivity index (χ4v) is 2.49. The van der Waals surface area contributed by atoms with Crippen molar-refractivity contribution in [2.75, 3.05) is 13.7 Å². The maximum Gasteiger partial charge on any atom is 0.231 e. The fraction of sp³-hybridized carbons (Fsp3) is 0.533. The van der Waals surface area contributed by atoms with Gasteiger partial charge in [0.25, 0.3) is 0 Å². The molecule has 0 atom stereocenters. The second-order valence-electron chi connectivity index (χ2n) is 5.44. The van der Waals surface area contributed by atoms with E-state index < -0.39 is 5.41 Å². The monoisotopic (exact) mass is 247 g/mol. The first kappa shape index (κ1) is 13.1. The van der Waals surface area contributed by atoms with E-state index in [1.165, 1.54) is 5.56 Å². The highest BCUT2D eigenvalue weighted by Gasteiger charge is 2.44.